The normalized spacial score (nSPS) is 12.2. The minimum Gasteiger partial charge on any atom is -0.325 e. The van der Waals surface area contributed by atoms with Crippen molar-refractivity contribution in [2.24, 2.45) is 0 Å². The van der Waals surface area contributed by atoms with Crippen LogP contribution in [0, 0.1) is 13.8 Å². The highest BCUT2D eigenvalue weighted by atomic mass is 32.2. The van der Waals surface area contributed by atoms with E-state index in [-0.39, 0.29) is 22.0 Å². The fraction of sp³-hybridized carbons (Fsp3) is 0.190. The summed E-state index contributed by atoms with van der Waals surface area (Å²) in [6.45, 7) is 5.92. The molecule has 0 bridgehead atoms. The van der Waals surface area contributed by atoms with Crippen LogP contribution in [0.4, 0.5) is 11.6 Å². The number of carbonyl (C=O) groups is 1. The van der Waals surface area contributed by atoms with Gasteiger partial charge < -0.3 is 5.32 Å². The smallest absolute Gasteiger partial charge is 0.264 e. The van der Waals surface area contributed by atoms with Gasteiger partial charge in [0.25, 0.3) is 10.0 Å². The number of hydrogen-bond donors (Lipinski definition) is 2. The lowest BCUT2D eigenvalue weighted by molar-refractivity contribution is -0.115. The number of amides is 1. The van der Waals surface area contributed by atoms with Crippen LogP contribution in [0.2, 0.25) is 0 Å². The molecular formula is C21H22N4O3S2. The van der Waals surface area contributed by atoms with Gasteiger partial charge in [0, 0.05) is 23.0 Å². The Morgan fingerprint density at radius 3 is 2.30 bits per heavy atom. The summed E-state index contributed by atoms with van der Waals surface area (Å²) in [5, 5.41) is 2.50. The Hall–Kier alpha value is -2.91. The van der Waals surface area contributed by atoms with E-state index in [0.717, 1.165) is 4.90 Å². The van der Waals surface area contributed by atoms with E-state index in [1.54, 1.807) is 18.2 Å². The molecule has 156 valence electrons. The molecule has 0 aliphatic rings. The second-order valence-electron chi connectivity index (χ2n) is 6.70. The zero-order chi connectivity index (χ0) is 21.7. The van der Waals surface area contributed by atoms with E-state index in [4.69, 9.17) is 0 Å². The van der Waals surface area contributed by atoms with Crippen LogP contribution in [0.5, 0.6) is 0 Å². The van der Waals surface area contributed by atoms with Crippen molar-refractivity contribution in [3.05, 3.63) is 72.1 Å². The molecular weight excluding hydrogens is 420 g/mol. The number of benzene rings is 2. The van der Waals surface area contributed by atoms with Crippen molar-refractivity contribution >= 4 is 39.3 Å². The summed E-state index contributed by atoms with van der Waals surface area (Å²) < 4.78 is 27.1. The van der Waals surface area contributed by atoms with Crippen molar-refractivity contribution in [2.75, 3.05) is 10.0 Å². The monoisotopic (exact) mass is 442 g/mol. The van der Waals surface area contributed by atoms with E-state index in [9.17, 15) is 13.2 Å². The molecule has 9 heteroatoms. The summed E-state index contributed by atoms with van der Waals surface area (Å²) in [6, 6.07) is 13.6. The summed E-state index contributed by atoms with van der Waals surface area (Å²) in [5.41, 5.74) is 2.90. The highest BCUT2D eigenvalue weighted by Gasteiger charge is 2.17. The molecule has 1 amide bonds. The summed E-state index contributed by atoms with van der Waals surface area (Å²) in [6.07, 6.45) is 2.89. The van der Waals surface area contributed by atoms with Crippen LogP contribution in [0.25, 0.3) is 0 Å². The first-order valence-electron chi connectivity index (χ1n) is 9.19. The van der Waals surface area contributed by atoms with Crippen LogP contribution in [-0.4, -0.2) is 29.5 Å². The van der Waals surface area contributed by atoms with Gasteiger partial charge in [-0.05, 0) is 74.4 Å². The Morgan fingerprint density at radius 1 is 1.00 bits per heavy atom. The van der Waals surface area contributed by atoms with Crippen molar-refractivity contribution in [2.45, 2.75) is 35.8 Å². The maximum atomic E-state index is 12.5. The first-order valence-corrected chi connectivity index (χ1v) is 11.6. The van der Waals surface area contributed by atoms with E-state index in [2.05, 4.69) is 26.1 Å². The Morgan fingerprint density at radius 2 is 1.67 bits per heavy atom. The number of thioether (sulfide) groups is 1. The molecule has 0 spiro atoms. The lowest BCUT2D eigenvalue weighted by atomic mass is 10.1. The second kappa shape index (κ2) is 9.27. The van der Waals surface area contributed by atoms with Crippen LogP contribution >= 0.6 is 11.8 Å². The fourth-order valence-corrected chi connectivity index (χ4v) is 4.46. The molecule has 0 fully saturated rings. The SMILES string of the molecule is Cc1ccc(S[C@H](C)C(=O)Nc2ccc(S(=O)(=O)Nc3ncccn3)cc2)cc1C. The molecule has 2 N–H and O–H groups in total. The van der Waals surface area contributed by atoms with Gasteiger partial charge in [0.1, 0.15) is 0 Å². The molecule has 0 saturated carbocycles. The largest absolute Gasteiger partial charge is 0.325 e. The lowest BCUT2D eigenvalue weighted by Crippen LogP contribution is -2.22. The van der Waals surface area contributed by atoms with Crippen LogP contribution in [0.3, 0.4) is 0 Å². The Balaban J connectivity index is 1.63. The van der Waals surface area contributed by atoms with Gasteiger partial charge in [-0.15, -0.1) is 11.8 Å². The summed E-state index contributed by atoms with van der Waals surface area (Å²) >= 11 is 1.47. The third kappa shape index (κ3) is 5.58. The van der Waals surface area contributed by atoms with Gasteiger partial charge in [-0.25, -0.2) is 23.1 Å². The highest BCUT2D eigenvalue weighted by Crippen LogP contribution is 2.26. The van der Waals surface area contributed by atoms with Gasteiger partial charge in [-0.3, -0.25) is 4.79 Å². The predicted octanol–water partition coefficient (Wildman–Crippen LogP) is 4.01. The zero-order valence-electron chi connectivity index (χ0n) is 16.8. The molecule has 30 heavy (non-hydrogen) atoms. The molecule has 0 unspecified atom stereocenters. The average molecular weight is 443 g/mol. The van der Waals surface area contributed by atoms with Crippen LogP contribution in [0.1, 0.15) is 18.1 Å². The zero-order valence-corrected chi connectivity index (χ0v) is 18.4. The topological polar surface area (TPSA) is 101 Å². The maximum Gasteiger partial charge on any atom is 0.264 e. The van der Waals surface area contributed by atoms with E-state index < -0.39 is 10.0 Å². The summed E-state index contributed by atoms with van der Waals surface area (Å²) in [5.74, 6) is -0.170. The van der Waals surface area contributed by atoms with Gasteiger partial charge in [-0.2, -0.15) is 0 Å². The molecule has 3 aromatic rings. The maximum absolute atomic E-state index is 12.5. The third-order valence-corrected chi connectivity index (χ3v) is 6.82. The molecule has 1 atom stereocenters. The Kier molecular flexibility index (Phi) is 6.73. The van der Waals surface area contributed by atoms with Crippen molar-refractivity contribution in [1.82, 2.24) is 9.97 Å². The predicted molar refractivity (Wildman–Crippen MR) is 119 cm³/mol. The van der Waals surface area contributed by atoms with Gasteiger partial charge in [-0.1, -0.05) is 6.07 Å². The molecule has 0 saturated heterocycles. The fourth-order valence-electron chi connectivity index (χ4n) is 2.54. The quantitative estimate of drug-likeness (QED) is 0.536. The molecule has 1 aromatic heterocycles. The van der Waals surface area contributed by atoms with Gasteiger partial charge in [0.15, 0.2) is 0 Å². The van der Waals surface area contributed by atoms with E-state index in [1.807, 2.05) is 32.9 Å². The molecule has 0 aliphatic heterocycles. The van der Waals surface area contributed by atoms with Gasteiger partial charge in [0.2, 0.25) is 11.9 Å². The van der Waals surface area contributed by atoms with Crippen LogP contribution in [-0.2, 0) is 14.8 Å². The van der Waals surface area contributed by atoms with E-state index in [0.29, 0.717) is 5.69 Å². The van der Waals surface area contributed by atoms with Crippen molar-refractivity contribution in [3.8, 4) is 0 Å². The number of rotatable bonds is 7. The Bertz CT molecular complexity index is 1130. The number of anilines is 2. The minimum absolute atomic E-state index is 0.00734. The van der Waals surface area contributed by atoms with Crippen molar-refractivity contribution < 1.29 is 13.2 Å². The average Bonchev–Trinajstić information content (AvgIpc) is 2.71. The molecule has 7 nitrogen and oxygen atoms in total. The number of sulfonamides is 1. The van der Waals surface area contributed by atoms with Crippen molar-refractivity contribution in [1.29, 1.82) is 0 Å². The third-order valence-electron chi connectivity index (χ3n) is 4.38. The molecule has 0 aliphatic carbocycles. The van der Waals surface area contributed by atoms with Crippen LogP contribution in [0.15, 0.2) is 70.7 Å². The van der Waals surface area contributed by atoms with Gasteiger partial charge >= 0.3 is 0 Å². The number of nitrogens with zero attached hydrogens (tertiary/aromatic N) is 2. The number of aryl methyl sites for hydroxylation is 2. The summed E-state index contributed by atoms with van der Waals surface area (Å²) in [4.78, 5) is 21.3. The number of carbonyl (C=O) groups excluding carboxylic acids is 1. The molecule has 3 rings (SSSR count). The molecule has 2 aromatic carbocycles. The highest BCUT2D eigenvalue weighted by molar-refractivity contribution is 8.00. The lowest BCUT2D eigenvalue weighted by Gasteiger charge is -2.13. The number of hydrogen-bond acceptors (Lipinski definition) is 6. The van der Waals surface area contributed by atoms with E-state index in [1.165, 1.54) is 47.4 Å². The minimum atomic E-state index is -3.82. The van der Waals surface area contributed by atoms with E-state index >= 15 is 0 Å². The van der Waals surface area contributed by atoms with Gasteiger partial charge in [0.05, 0.1) is 10.1 Å². The first kappa shape index (κ1) is 21.8. The Labute approximate surface area is 180 Å². The molecule has 1 heterocycles. The number of nitrogens with one attached hydrogen (secondary N) is 2. The molecule has 0 radical (unpaired) electrons. The second-order valence-corrected chi connectivity index (χ2v) is 9.79. The first-order chi connectivity index (χ1) is 14.2. The standard InChI is InChI=1S/C21H22N4O3S2/c1-14-5-8-18(13-15(14)2)29-16(3)20(26)24-17-6-9-19(10-7-17)30(27,28)25-21-22-11-4-12-23-21/h4-13,16H,1-3H3,(H,24,26)(H,22,23,25)/t16-/m1/s1. The van der Waals surface area contributed by atoms with Crippen molar-refractivity contribution in [3.63, 3.8) is 0 Å². The number of aromatic nitrogens is 2. The summed E-state index contributed by atoms with van der Waals surface area (Å²) in [7, 11) is -3.82. The van der Waals surface area contributed by atoms with Crippen LogP contribution < -0.4 is 10.0 Å².